The lowest BCUT2D eigenvalue weighted by atomic mass is 10.2. The van der Waals surface area contributed by atoms with Crippen molar-refractivity contribution in [3.63, 3.8) is 0 Å². The van der Waals surface area contributed by atoms with Crippen LogP contribution in [0.15, 0.2) is 24.3 Å². The molecule has 1 aliphatic rings. The van der Waals surface area contributed by atoms with Crippen molar-refractivity contribution in [2.24, 2.45) is 0 Å². The topological polar surface area (TPSA) is 24.5 Å². The fourth-order valence-electron chi connectivity index (χ4n) is 2.34. The number of hydrogen-bond donors (Lipinski definition) is 1. The maximum Gasteiger partial charge on any atom is 0.416 e. The number of nitrogens with zero attached hydrogens (tertiary/aromatic N) is 1. The Labute approximate surface area is 123 Å². The van der Waals surface area contributed by atoms with Crippen molar-refractivity contribution in [1.82, 2.24) is 4.90 Å². The SMILES string of the molecule is CC(C)N1CCOC(CNc2ccc(C(F)(F)F)cc2)C1. The number of hydrogen-bond acceptors (Lipinski definition) is 3. The minimum Gasteiger partial charge on any atom is -0.382 e. The van der Waals surface area contributed by atoms with Gasteiger partial charge in [-0.25, -0.2) is 0 Å². The van der Waals surface area contributed by atoms with Gasteiger partial charge in [0.1, 0.15) is 0 Å². The third-order valence-electron chi connectivity index (χ3n) is 3.65. The Kier molecular flexibility index (Phi) is 5.11. The highest BCUT2D eigenvalue weighted by Gasteiger charge is 2.30. The van der Waals surface area contributed by atoms with Gasteiger partial charge in [0.05, 0.1) is 18.3 Å². The molecule has 1 atom stereocenters. The van der Waals surface area contributed by atoms with Gasteiger partial charge in [-0.05, 0) is 38.1 Å². The van der Waals surface area contributed by atoms with E-state index in [1.165, 1.54) is 12.1 Å². The summed E-state index contributed by atoms with van der Waals surface area (Å²) in [7, 11) is 0. The van der Waals surface area contributed by atoms with E-state index in [2.05, 4.69) is 24.1 Å². The summed E-state index contributed by atoms with van der Waals surface area (Å²) in [4.78, 5) is 2.34. The molecule has 0 aromatic heterocycles. The molecule has 21 heavy (non-hydrogen) atoms. The first-order valence-corrected chi connectivity index (χ1v) is 7.13. The molecule has 1 N–H and O–H groups in total. The molecule has 0 radical (unpaired) electrons. The Balaban J connectivity index is 1.85. The van der Waals surface area contributed by atoms with Crippen molar-refractivity contribution in [3.8, 4) is 0 Å². The summed E-state index contributed by atoms with van der Waals surface area (Å²) in [5.74, 6) is 0. The van der Waals surface area contributed by atoms with E-state index in [0.29, 0.717) is 24.9 Å². The maximum atomic E-state index is 12.5. The third-order valence-corrected chi connectivity index (χ3v) is 3.65. The zero-order valence-corrected chi connectivity index (χ0v) is 12.3. The fourth-order valence-corrected chi connectivity index (χ4v) is 2.34. The molecule has 1 unspecified atom stereocenters. The molecule has 1 fully saturated rings. The minimum absolute atomic E-state index is 0.0587. The van der Waals surface area contributed by atoms with Gasteiger partial charge in [-0.3, -0.25) is 4.90 Å². The van der Waals surface area contributed by atoms with Gasteiger partial charge >= 0.3 is 6.18 Å². The molecular formula is C15H21F3N2O. The number of ether oxygens (including phenoxy) is 1. The van der Waals surface area contributed by atoms with Gasteiger partial charge in [-0.1, -0.05) is 0 Å². The zero-order valence-electron chi connectivity index (χ0n) is 12.3. The summed E-state index contributed by atoms with van der Waals surface area (Å²) in [5, 5.41) is 3.13. The largest absolute Gasteiger partial charge is 0.416 e. The average molecular weight is 302 g/mol. The van der Waals surface area contributed by atoms with Gasteiger partial charge in [-0.15, -0.1) is 0 Å². The fraction of sp³-hybridized carbons (Fsp3) is 0.600. The summed E-state index contributed by atoms with van der Waals surface area (Å²) in [6, 6.07) is 5.55. The second-order valence-electron chi connectivity index (χ2n) is 5.54. The first-order valence-electron chi connectivity index (χ1n) is 7.13. The monoisotopic (exact) mass is 302 g/mol. The number of rotatable bonds is 4. The van der Waals surface area contributed by atoms with E-state index >= 15 is 0 Å². The van der Waals surface area contributed by atoms with Crippen molar-refractivity contribution in [3.05, 3.63) is 29.8 Å². The molecule has 0 aliphatic carbocycles. The highest BCUT2D eigenvalue weighted by Crippen LogP contribution is 2.29. The molecule has 1 aliphatic heterocycles. The smallest absolute Gasteiger partial charge is 0.382 e. The van der Waals surface area contributed by atoms with Crippen LogP contribution in [0.3, 0.4) is 0 Å². The highest BCUT2D eigenvalue weighted by atomic mass is 19.4. The molecule has 118 valence electrons. The molecule has 6 heteroatoms. The van der Waals surface area contributed by atoms with Gasteiger partial charge in [0.15, 0.2) is 0 Å². The second-order valence-corrected chi connectivity index (χ2v) is 5.54. The Hall–Kier alpha value is -1.27. The van der Waals surface area contributed by atoms with Gasteiger partial charge in [0.2, 0.25) is 0 Å². The molecule has 1 aromatic rings. The summed E-state index contributed by atoms with van der Waals surface area (Å²) < 4.78 is 43.1. The van der Waals surface area contributed by atoms with E-state index in [1.54, 1.807) is 0 Å². The normalized spacial score (nSPS) is 20.8. The molecule has 0 bridgehead atoms. The Morgan fingerprint density at radius 3 is 2.52 bits per heavy atom. The van der Waals surface area contributed by atoms with E-state index in [0.717, 1.165) is 25.2 Å². The number of morpholine rings is 1. The number of nitrogens with one attached hydrogen (secondary N) is 1. The van der Waals surface area contributed by atoms with Gasteiger partial charge < -0.3 is 10.1 Å². The highest BCUT2D eigenvalue weighted by molar-refractivity contribution is 5.45. The van der Waals surface area contributed by atoms with E-state index < -0.39 is 11.7 Å². The van der Waals surface area contributed by atoms with Crippen LogP contribution in [-0.4, -0.2) is 43.3 Å². The molecule has 0 saturated carbocycles. The van der Waals surface area contributed by atoms with E-state index in [1.807, 2.05) is 0 Å². The molecule has 1 aromatic carbocycles. The van der Waals surface area contributed by atoms with Gasteiger partial charge in [0, 0.05) is 31.4 Å². The number of benzene rings is 1. The van der Waals surface area contributed by atoms with Crippen LogP contribution in [0.5, 0.6) is 0 Å². The molecule has 1 heterocycles. The average Bonchev–Trinajstić information content (AvgIpc) is 2.45. The van der Waals surface area contributed by atoms with Crippen molar-refractivity contribution in [1.29, 1.82) is 0 Å². The van der Waals surface area contributed by atoms with Crippen LogP contribution in [0.2, 0.25) is 0 Å². The van der Waals surface area contributed by atoms with Crippen LogP contribution < -0.4 is 5.32 Å². The quantitative estimate of drug-likeness (QED) is 0.924. The Morgan fingerprint density at radius 2 is 1.95 bits per heavy atom. The second kappa shape index (κ2) is 6.66. The van der Waals surface area contributed by atoms with Crippen LogP contribution >= 0.6 is 0 Å². The summed E-state index contributed by atoms with van der Waals surface area (Å²) in [6.45, 7) is 7.34. The van der Waals surface area contributed by atoms with Crippen LogP contribution in [0.25, 0.3) is 0 Å². The van der Waals surface area contributed by atoms with Crippen LogP contribution in [0.1, 0.15) is 19.4 Å². The molecule has 2 rings (SSSR count). The zero-order chi connectivity index (χ0) is 15.5. The number of halogens is 3. The summed E-state index contributed by atoms with van der Waals surface area (Å²) >= 11 is 0. The molecule has 1 saturated heterocycles. The molecular weight excluding hydrogens is 281 g/mol. The van der Waals surface area contributed by atoms with Crippen LogP contribution in [-0.2, 0) is 10.9 Å². The predicted molar refractivity (Wildman–Crippen MR) is 76.4 cm³/mol. The standard InChI is InChI=1S/C15H21F3N2O/c1-11(2)20-7-8-21-14(10-20)9-19-13-5-3-12(4-6-13)15(16,17)18/h3-6,11,14,19H,7-10H2,1-2H3. The molecule has 0 spiro atoms. The maximum absolute atomic E-state index is 12.5. The van der Waals surface area contributed by atoms with Gasteiger partial charge in [-0.2, -0.15) is 13.2 Å². The van der Waals surface area contributed by atoms with Crippen molar-refractivity contribution in [2.45, 2.75) is 32.2 Å². The summed E-state index contributed by atoms with van der Waals surface area (Å²) in [5.41, 5.74) is 0.0428. The first-order chi connectivity index (χ1) is 9.86. The summed E-state index contributed by atoms with van der Waals surface area (Å²) in [6.07, 6.45) is -4.23. The lowest BCUT2D eigenvalue weighted by molar-refractivity contribution is -0.137. The lowest BCUT2D eigenvalue weighted by Gasteiger charge is -2.35. The first kappa shape index (κ1) is 16.1. The molecule has 0 amide bonds. The Morgan fingerprint density at radius 1 is 1.29 bits per heavy atom. The van der Waals surface area contributed by atoms with Gasteiger partial charge in [0.25, 0.3) is 0 Å². The van der Waals surface area contributed by atoms with Crippen molar-refractivity contribution in [2.75, 3.05) is 31.6 Å². The lowest BCUT2D eigenvalue weighted by Crippen LogP contribution is -2.48. The van der Waals surface area contributed by atoms with E-state index in [-0.39, 0.29) is 6.10 Å². The van der Waals surface area contributed by atoms with E-state index in [4.69, 9.17) is 4.74 Å². The van der Waals surface area contributed by atoms with E-state index in [9.17, 15) is 13.2 Å². The van der Waals surface area contributed by atoms with Crippen molar-refractivity contribution < 1.29 is 17.9 Å². The number of alkyl halides is 3. The van der Waals surface area contributed by atoms with Crippen molar-refractivity contribution >= 4 is 5.69 Å². The number of anilines is 1. The molecule has 3 nitrogen and oxygen atoms in total. The third kappa shape index (κ3) is 4.61. The predicted octanol–water partition coefficient (Wildman–Crippen LogP) is 3.23. The van der Waals surface area contributed by atoms with Crippen LogP contribution in [0.4, 0.5) is 18.9 Å². The van der Waals surface area contributed by atoms with Crippen LogP contribution in [0, 0.1) is 0 Å². The minimum atomic E-state index is -4.29. The Bertz CT molecular complexity index is 445.